The Balaban J connectivity index is 1.40. The van der Waals surface area contributed by atoms with Crippen molar-refractivity contribution in [2.45, 2.75) is 13.5 Å². The average molecular weight is 362 g/mol. The monoisotopic (exact) mass is 362 g/mol. The van der Waals surface area contributed by atoms with Crippen molar-refractivity contribution in [1.82, 2.24) is 9.97 Å². The van der Waals surface area contributed by atoms with Crippen LogP contribution in [0.25, 0.3) is 0 Å². The van der Waals surface area contributed by atoms with Crippen molar-refractivity contribution in [2.75, 3.05) is 17.4 Å². The highest BCUT2D eigenvalue weighted by Gasteiger charge is 2.13. The molecule has 136 valence electrons. The summed E-state index contributed by atoms with van der Waals surface area (Å²) in [6.45, 7) is 2.37. The smallest absolute Gasteiger partial charge is 0.231 e. The minimum absolute atomic E-state index is 0.0404. The summed E-state index contributed by atoms with van der Waals surface area (Å²) in [4.78, 5) is 20.0. The first-order chi connectivity index (χ1) is 13.2. The van der Waals surface area contributed by atoms with Crippen molar-refractivity contribution in [1.29, 1.82) is 0 Å². The molecule has 1 aliphatic rings. The van der Waals surface area contributed by atoms with E-state index >= 15 is 0 Å². The maximum absolute atomic E-state index is 11.3. The molecule has 0 unspecified atom stereocenters. The standard InChI is InChI=1S/C20H18N4O3/c1-13(25)15-3-5-16(6-4-15)23-19-8-9-21-20(24-19)22-11-14-2-7-17-18(10-14)27-12-26-17/h2-10H,11-12H2,1H3,(H2,21,22,23,24). The van der Waals surface area contributed by atoms with E-state index in [2.05, 4.69) is 20.6 Å². The molecule has 0 bridgehead atoms. The predicted molar refractivity (Wildman–Crippen MR) is 102 cm³/mol. The number of carbonyl (C=O) groups excluding carboxylic acids is 1. The van der Waals surface area contributed by atoms with Crippen molar-refractivity contribution in [2.24, 2.45) is 0 Å². The number of carbonyl (C=O) groups is 1. The molecule has 0 aliphatic carbocycles. The molecule has 0 amide bonds. The van der Waals surface area contributed by atoms with E-state index in [9.17, 15) is 4.79 Å². The highest BCUT2D eigenvalue weighted by Crippen LogP contribution is 2.32. The van der Waals surface area contributed by atoms with Crippen LogP contribution in [0.1, 0.15) is 22.8 Å². The molecule has 0 atom stereocenters. The molecule has 2 heterocycles. The number of fused-ring (bicyclic) bond motifs is 1. The number of Topliss-reactive ketones (excluding diaryl/α,β-unsaturated/α-hetero) is 1. The van der Waals surface area contributed by atoms with Gasteiger partial charge in [0.25, 0.3) is 0 Å². The molecule has 3 aromatic rings. The lowest BCUT2D eigenvalue weighted by Gasteiger charge is -2.09. The summed E-state index contributed by atoms with van der Waals surface area (Å²) in [5.74, 6) is 2.72. The number of nitrogens with one attached hydrogen (secondary N) is 2. The van der Waals surface area contributed by atoms with Gasteiger partial charge in [0.05, 0.1) is 0 Å². The molecule has 0 spiro atoms. The van der Waals surface area contributed by atoms with Gasteiger partial charge >= 0.3 is 0 Å². The van der Waals surface area contributed by atoms with Crippen LogP contribution < -0.4 is 20.1 Å². The second-order valence-electron chi connectivity index (χ2n) is 6.07. The molecule has 2 N–H and O–H groups in total. The van der Waals surface area contributed by atoms with Crippen molar-refractivity contribution in [3.63, 3.8) is 0 Å². The maximum Gasteiger partial charge on any atom is 0.231 e. The van der Waals surface area contributed by atoms with Crippen molar-refractivity contribution >= 4 is 23.2 Å². The zero-order valence-electron chi connectivity index (χ0n) is 14.7. The first-order valence-electron chi connectivity index (χ1n) is 8.51. The number of aromatic nitrogens is 2. The Morgan fingerprint density at radius 2 is 1.89 bits per heavy atom. The molecule has 4 rings (SSSR count). The lowest BCUT2D eigenvalue weighted by molar-refractivity contribution is 0.101. The zero-order valence-corrected chi connectivity index (χ0v) is 14.7. The lowest BCUT2D eigenvalue weighted by atomic mass is 10.1. The number of benzene rings is 2. The van der Waals surface area contributed by atoms with Gasteiger partial charge in [-0.25, -0.2) is 4.98 Å². The Kier molecular flexibility index (Phi) is 4.57. The summed E-state index contributed by atoms with van der Waals surface area (Å²) in [7, 11) is 0. The Hall–Kier alpha value is -3.61. The summed E-state index contributed by atoms with van der Waals surface area (Å²) in [5, 5.41) is 6.40. The van der Waals surface area contributed by atoms with Crippen LogP contribution >= 0.6 is 0 Å². The van der Waals surface area contributed by atoms with E-state index in [1.807, 2.05) is 30.3 Å². The van der Waals surface area contributed by atoms with Gasteiger partial charge in [-0.2, -0.15) is 4.98 Å². The van der Waals surface area contributed by atoms with Crippen LogP contribution in [0, 0.1) is 0 Å². The number of ether oxygens (including phenoxy) is 2. The van der Waals surface area contributed by atoms with E-state index < -0.39 is 0 Å². The molecular weight excluding hydrogens is 344 g/mol. The van der Waals surface area contributed by atoms with Crippen LogP contribution in [0.2, 0.25) is 0 Å². The second-order valence-corrected chi connectivity index (χ2v) is 6.07. The Bertz CT molecular complexity index is 973. The summed E-state index contributed by atoms with van der Waals surface area (Å²) < 4.78 is 10.7. The fourth-order valence-corrected chi connectivity index (χ4v) is 2.68. The molecule has 1 aliphatic heterocycles. The van der Waals surface area contributed by atoms with E-state index in [1.165, 1.54) is 0 Å². The van der Waals surface area contributed by atoms with Crippen molar-refractivity contribution in [3.05, 3.63) is 65.9 Å². The first-order valence-corrected chi connectivity index (χ1v) is 8.51. The van der Waals surface area contributed by atoms with Crippen LogP contribution in [0.5, 0.6) is 11.5 Å². The van der Waals surface area contributed by atoms with Gasteiger partial charge in [0, 0.05) is 24.0 Å². The molecule has 0 saturated carbocycles. The first kappa shape index (κ1) is 16.8. The number of hydrogen-bond acceptors (Lipinski definition) is 7. The van der Waals surface area contributed by atoms with E-state index in [4.69, 9.17) is 9.47 Å². The van der Waals surface area contributed by atoms with Crippen LogP contribution in [-0.4, -0.2) is 22.5 Å². The van der Waals surface area contributed by atoms with Crippen LogP contribution in [-0.2, 0) is 6.54 Å². The van der Waals surface area contributed by atoms with Gasteiger partial charge in [-0.15, -0.1) is 0 Å². The summed E-state index contributed by atoms with van der Waals surface area (Å²) in [6.07, 6.45) is 1.68. The maximum atomic E-state index is 11.3. The predicted octanol–water partition coefficient (Wildman–Crippen LogP) is 3.76. The minimum atomic E-state index is 0.0404. The van der Waals surface area contributed by atoms with Crippen molar-refractivity contribution in [3.8, 4) is 11.5 Å². The van der Waals surface area contributed by atoms with Crippen LogP contribution in [0.3, 0.4) is 0 Å². The van der Waals surface area contributed by atoms with Gasteiger partial charge < -0.3 is 20.1 Å². The summed E-state index contributed by atoms with van der Waals surface area (Å²) in [6, 6.07) is 14.8. The Labute approximate surface area is 156 Å². The number of anilines is 3. The van der Waals surface area contributed by atoms with Gasteiger partial charge in [0.2, 0.25) is 12.7 Å². The minimum Gasteiger partial charge on any atom is -0.454 e. The molecule has 7 nitrogen and oxygen atoms in total. The second kappa shape index (κ2) is 7.33. The highest BCUT2D eigenvalue weighted by atomic mass is 16.7. The van der Waals surface area contributed by atoms with Crippen LogP contribution in [0.4, 0.5) is 17.5 Å². The topological polar surface area (TPSA) is 85.4 Å². The Morgan fingerprint density at radius 1 is 1.07 bits per heavy atom. The SMILES string of the molecule is CC(=O)c1ccc(Nc2ccnc(NCc3ccc4c(c3)OCO4)n2)cc1. The third-order valence-electron chi connectivity index (χ3n) is 4.11. The Morgan fingerprint density at radius 3 is 2.70 bits per heavy atom. The third-order valence-corrected chi connectivity index (χ3v) is 4.11. The molecule has 0 radical (unpaired) electrons. The van der Waals surface area contributed by atoms with Gasteiger partial charge in [0.1, 0.15) is 5.82 Å². The fourth-order valence-electron chi connectivity index (χ4n) is 2.68. The van der Waals surface area contributed by atoms with Crippen molar-refractivity contribution < 1.29 is 14.3 Å². The third kappa shape index (κ3) is 3.98. The summed E-state index contributed by atoms with van der Waals surface area (Å²) >= 11 is 0. The van der Waals surface area contributed by atoms with E-state index in [-0.39, 0.29) is 12.6 Å². The molecule has 0 saturated heterocycles. The van der Waals surface area contributed by atoms with E-state index in [1.54, 1.807) is 31.3 Å². The van der Waals surface area contributed by atoms with Crippen LogP contribution in [0.15, 0.2) is 54.7 Å². The molecule has 2 aromatic carbocycles. The quantitative estimate of drug-likeness (QED) is 0.646. The largest absolute Gasteiger partial charge is 0.454 e. The number of ketones is 1. The molecular formula is C20H18N4O3. The zero-order chi connectivity index (χ0) is 18.6. The number of rotatable bonds is 6. The van der Waals surface area contributed by atoms with Gasteiger partial charge in [-0.05, 0) is 55.0 Å². The fraction of sp³-hybridized carbons (Fsp3) is 0.150. The molecule has 27 heavy (non-hydrogen) atoms. The van der Waals surface area contributed by atoms with Gasteiger partial charge in [-0.1, -0.05) is 6.07 Å². The molecule has 7 heteroatoms. The number of hydrogen-bond donors (Lipinski definition) is 2. The van der Waals surface area contributed by atoms with E-state index in [0.717, 1.165) is 22.7 Å². The van der Waals surface area contributed by atoms with Gasteiger partial charge in [0.15, 0.2) is 17.3 Å². The molecule has 0 fully saturated rings. The average Bonchev–Trinajstić information content (AvgIpc) is 3.15. The lowest BCUT2D eigenvalue weighted by Crippen LogP contribution is -2.05. The number of nitrogens with zero attached hydrogens (tertiary/aromatic N) is 2. The highest BCUT2D eigenvalue weighted by molar-refractivity contribution is 5.94. The molecule has 1 aromatic heterocycles. The van der Waals surface area contributed by atoms with Gasteiger partial charge in [-0.3, -0.25) is 4.79 Å². The van der Waals surface area contributed by atoms with E-state index in [0.29, 0.717) is 23.9 Å². The summed E-state index contributed by atoms with van der Waals surface area (Å²) in [5.41, 5.74) is 2.57. The normalized spacial score (nSPS) is 11.9.